The summed E-state index contributed by atoms with van der Waals surface area (Å²) >= 11 is 0. The Morgan fingerprint density at radius 1 is 1.00 bits per heavy atom. The van der Waals surface area contributed by atoms with Gasteiger partial charge in [0.15, 0.2) is 0 Å². The van der Waals surface area contributed by atoms with Gasteiger partial charge in [-0.1, -0.05) is 63.8 Å². The molecule has 1 aromatic carbocycles. The lowest BCUT2D eigenvalue weighted by atomic mass is 9.77. The highest BCUT2D eigenvalue weighted by molar-refractivity contribution is 5.27. The fourth-order valence-corrected chi connectivity index (χ4v) is 3.69. The third-order valence-electron chi connectivity index (χ3n) is 5.24. The molecule has 1 aliphatic carbocycles. The zero-order valence-corrected chi connectivity index (χ0v) is 13.9. The van der Waals surface area contributed by atoms with Crippen molar-refractivity contribution in [3.8, 4) is 0 Å². The molecule has 0 radical (unpaired) electrons. The van der Waals surface area contributed by atoms with Crippen LogP contribution >= 0.6 is 0 Å². The molecule has 1 heteroatoms. The van der Waals surface area contributed by atoms with E-state index in [4.69, 9.17) is 0 Å². The molecule has 1 aliphatic rings. The van der Waals surface area contributed by atoms with E-state index in [-0.39, 0.29) is 6.10 Å². The van der Waals surface area contributed by atoms with Crippen LogP contribution in [0.25, 0.3) is 0 Å². The van der Waals surface area contributed by atoms with E-state index in [1.54, 1.807) is 0 Å². The average molecular weight is 288 g/mol. The van der Waals surface area contributed by atoms with Crippen molar-refractivity contribution in [2.45, 2.75) is 83.7 Å². The van der Waals surface area contributed by atoms with Crippen LogP contribution in [0, 0.1) is 5.92 Å². The normalized spacial score (nSPS) is 24.0. The number of rotatable bonds is 7. The van der Waals surface area contributed by atoms with Crippen molar-refractivity contribution in [1.82, 2.24) is 0 Å². The summed E-state index contributed by atoms with van der Waals surface area (Å²) in [7, 11) is 0. The second-order valence-corrected chi connectivity index (χ2v) is 6.80. The van der Waals surface area contributed by atoms with Gasteiger partial charge in [0.25, 0.3) is 0 Å². The first-order valence-electron chi connectivity index (χ1n) is 9.02. The Bertz CT molecular complexity index is 387. The molecule has 1 N–H and O–H groups in total. The molecule has 1 saturated carbocycles. The lowest BCUT2D eigenvalue weighted by Crippen LogP contribution is -2.13. The molecule has 1 fully saturated rings. The Kier molecular flexibility index (Phi) is 6.76. The van der Waals surface area contributed by atoms with Crippen LogP contribution < -0.4 is 0 Å². The van der Waals surface area contributed by atoms with E-state index >= 15 is 0 Å². The van der Waals surface area contributed by atoms with E-state index in [0.29, 0.717) is 0 Å². The van der Waals surface area contributed by atoms with Gasteiger partial charge in [-0.2, -0.15) is 0 Å². The van der Waals surface area contributed by atoms with Crippen molar-refractivity contribution < 1.29 is 5.11 Å². The topological polar surface area (TPSA) is 20.2 Å². The van der Waals surface area contributed by atoms with Gasteiger partial charge in [0.2, 0.25) is 0 Å². The van der Waals surface area contributed by atoms with Gasteiger partial charge in [-0.3, -0.25) is 0 Å². The van der Waals surface area contributed by atoms with Gasteiger partial charge < -0.3 is 5.11 Å². The third-order valence-corrected chi connectivity index (χ3v) is 5.24. The predicted molar refractivity (Wildman–Crippen MR) is 90.5 cm³/mol. The minimum Gasteiger partial charge on any atom is -0.388 e. The van der Waals surface area contributed by atoms with Crippen LogP contribution in [0.2, 0.25) is 0 Å². The van der Waals surface area contributed by atoms with Gasteiger partial charge in [-0.05, 0) is 55.1 Å². The molecule has 0 bridgehead atoms. The molecule has 0 spiro atoms. The predicted octanol–water partition coefficient (Wildman–Crippen LogP) is 5.98. The van der Waals surface area contributed by atoms with Crippen molar-refractivity contribution >= 4 is 0 Å². The molecule has 0 saturated heterocycles. The largest absolute Gasteiger partial charge is 0.388 e. The van der Waals surface area contributed by atoms with Crippen LogP contribution in [0.3, 0.4) is 0 Å². The Morgan fingerprint density at radius 3 is 2.24 bits per heavy atom. The maximum absolute atomic E-state index is 9.87. The minimum atomic E-state index is -0.298. The van der Waals surface area contributed by atoms with E-state index < -0.39 is 0 Å². The highest BCUT2D eigenvalue weighted by Crippen LogP contribution is 2.38. The molecule has 0 amide bonds. The minimum absolute atomic E-state index is 0.298. The van der Waals surface area contributed by atoms with E-state index in [0.717, 1.165) is 23.8 Å². The Morgan fingerprint density at radius 2 is 1.67 bits per heavy atom. The molecule has 1 aromatic rings. The first kappa shape index (κ1) is 16.5. The van der Waals surface area contributed by atoms with E-state index in [1.165, 1.54) is 56.9 Å². The van der Waals surface area contributed by atoms with Crippen molar-refractivity contribution in [1.29, 1.82) is 0 Å². The SMILES string of the molecule is CCCCCC1CCC(c2ccc(C(O)CC)cc2)CC1. The van der Waals surface area contributed by atoms with Crippen LogP contribution in [0.5, 0.6) is 0 Å². The lowest BCUT2D eigenvalue weighted by molar-refractivity contribution is 0.173. The van der Waals surface area contributed by atoms with E-state index in [9.17, 15) is 5.11 Å². The maximum Gasteiger partial charge on any atom is 0.0787 e. The summed E-state index contributed by atoms with van der Waals surface area (Å²) in [6, 6.07) is 8.74. The molecule has 0 aromatic heterocycles. The fraction of sp³-hybridized carbons (Fsp3) is 0.700. The van der Waals surface area contributed by atoms with Gasteiger partial charge >= 0.3 is 0 Å². The standard InChI is InChI=1S/C20H32O/c1-3-5-6-7-16-8-10-17(11-9-16)18-12-14-19(15-13-18)20(21)4-2/h12-17,20-21H,3-11H2,1-2H3. The summed E-state index contributed by atoms with van der Waals surface area (Å²) in [5.74, 6) is 1.73. The van der Waals surface area contributed by atoms with E-state index in [2.05, 4.69) is 31.2 Å². The maximum atomic E-state index is 9.87. The smallest absolute Gasteiger partial charge is 0.0787 e. The van der Waals surface area contributed by atoms with Gasteiger partial charge in [0.1, 0.15) is 0 Å². The highest BCUT2D eigenvalue weighted by Gasteiger charge is 2.22. The number of aliphatic hydroxyl groups is 1. The van der Waals surface area contributed by atoms with Gasteiger partial charge in [-0.25, -0.2) is 0 Å². The molecule has 118 valence electrons. The average Bonchev–Trinajstić information content (AvgIpc) is 2.55. The number of unbranched alkanes of at least 4 members (excludes halogenated alkanes) is 2. The highest BCUT2D eigenvalue weighted by atomic mass is 16.3. The quantitative estimate of drug-likeness (QED) is 0.611. The number of hydrogen-bond acceptors (Lipinski definition) is 1. The summed E-state index contributed by atoms with van der Waals surface area (Å²) in [5.41, 5.74) is 2.54. The van der Waals surface area contributed by atoms with Gasteiger partial charge in [-0.15, -0.1) is 0 Å². The Hall–Kier alpha value is -0.820. The zero-order valence-electron chi connectivity index (χ0n) is 13.9. The van der Waals surface area contributed by atoms with E-state index in [1.807, 2.05) is 6.92 Å². The molecule has 0 heterocycles. The Balaban J connectivity index is 1.82. The molecule has 1 nitrogen and oxygen atoms in total. The molecular formula is C20H32O. The monoisotopic (exact) mass is 288 g/mol. The summed E-state index contributed by atoms with van der Waals surface area (Å²) in [4.78, 5) is 0. The first-order valence-corrected chi connectivity index (χ1v) is 9.02. The number of aliphatic hydroxyl groups excluding tert-OH is 1. The molecule has 1 unspecified atom stereocenters. The van der Waals surface area contributed by atoms with Crippen molar-refractivity contribution in [3.05, 3.63) is 35.4 Å². The summed E-state index contributed by atoms with van der Waals surface area (Å²) in [6.45, 7) is 4.31. The number of hydrogen-bond donors (Lipinski definition) is 1. The number of benzene rings is 1. The summed E-state index contributed by atoms with van der Waals surface area (Å²) < 4.78 is 0. The van der Waals surface area contributed by atoms with Crippen molar-refractivity contribution in [2.24, 2.45) is 5.92 Å². The molecule has 0 aliphatic heterocycles. The van der Waals surface area contributed by atoms with Crippen LogP contribution in [-0.2, 0) is 0 Å². The fourth-order valence-electron chi connectivity index (χ4n) is 3.69. The zero-order chi connectivity index (χ0) is 15.1. The van der Waals surface area contributed by atoms with Crippen LogP contribution in [0.15, 0.2) is 24.3 Å². The van der Waals surface area contributed by atoms with Crippen molar-refractivity contribution in [3.63, 3.8) is 0 Å². The molecule has 1 atom stereocenters. The molecular weight excluding hydrogens is 256 g/mol. The third kappa shape index (κ3) is 4.85. The van der Waals surface area contributed by atoms with Gasteiger partial charge in [0.05, 0.1) is 6.10 Å². The van der Waals surface area contributed by atoms with Crippen LogP contribution in [0.1, 0.15) is 94.8 Å². The second kappa shape index (κ2) is 8.58. The summed E-state index contributed by atoms with van der Waals surface area (Å²) in [5, 5.41) is 9.87. The second-order valence-electron chi connectivity index (χ2n) is 6.80. The van der Waals surface area contributed by atoms with Crippen LogP contribution in [0.4, 0.5) is 0 Å². The first-order chi connectivity index (χ1) is 10.2. The van der Waals surface area contributed by atoms with Gasteiger partial charge in [0, 0.05) is 0 Å². The lowest BCUT2D eigenvalue weighted by Gasteiger charge is -2.29. The molecule has 2 rings (SSSR count). The Labute approximate surface area is 130 Å². The molecule has 21 heavy (non-hydrogen) atoms. The summed E-state index contributed by atoms with van der Waals surface area (Å²) in [6.07, 6.45) is 11.6. The van der Waals surface area contributed by atoms with Crippen molar-refractivity contribution in [2.75, 3.05) is 0 Å². The van der Waals surface area contributed by atoms with Crippen LogP contribution in [-0.4, -0.2) is 5.11 Å².